The SMILES string of the molecule is COCCCCCCCOc1ccc(-c2nnc(-c3ccc(C(=O)N[C@H]4C[C@@H](O)CNC(=O)[C@@H]5[C@@H](O)[C@@H](C)CN5C(=O)[C@H]([C@H](O)CCN)NC(=O)[C@H]([C@H](O)Cc5ccc(O)c(OCCCN)c5)NC(=O)[C@@H]5C[C@@H](O)CN5C(=O)[C@H]([C@@H](C)O)NC4=O)cc3)s2)cc1. The molecule has 0 aliphatic carbocycles. The molecular formula is C61H85N11O17S. The quantitative estimate of drug-likeness (QED) is 0.0358. The average Bonchev–Trinajstić information content (AvgIpc) is 1.79. The fourth-order valence-electron chi connectivity index (χ4n) is 10.9. The molecule has 16 N–H and O–H groups in total. The van der Waals surface area contributed by atoms with Crippen molar-refractivity contribution in [2.75, 3.05) is 59.7 Å². The van der Waals surface area contributed by atoms with E-state index in [4.69, 9.17) is 25.7 Å². The maximum absolute atomic E-state index is 14.7. The highest BCUT2D eigenvalue weighted by atomic mass is 32.1. The summed E-state index contributed by atoms with van der Waals surface area (Å²) in [6.45, 7) is 2.75. The van der Waals surface area contributed by atoms with Crippen molar-refractivity contribution in [3.8, 4) is 38.4 Å². The predicted molar refractivity (Wildman–Crippen MR) is 327 cm³/mol. The molecule has 4 heterocycles. The molecule has 3 aliphatic rings. The molecule has 3 aliphatic heterocycles. The Bertz CT molecular complexity index is 3050. The van der Waals surface area contributed by atoms with Crippen LogP contribution in [-0.2, 0) is 39.9 Å². The summed E-state index contributed by atoms with van der Waals surface area (Å²) in [7, 11) is 1.70. The van der Waals surface area contributed by atoms with E-state index in [2.05, 4.69) is 36.8 Å². The van der Waals surface area contributed by atoms with Gasteiger partial charge in [-0.05, 0) is 99.8 Å². The van der Waals surface area contributed by atoms with E-state index in [1.165, 1.54) is 48.6 Å². The number of phenolic OH excluding ortho intramolecular Hbond substituents is 1. The second-order valence-electron chi connectivity index (χ2n) is 23.0. The summed E-state index contributed by atoms with van der Waals surface area (Å²) < 4.78 is 16.7. The molecule has 28 nitrogen and oxygen atoms in total. The van der Waals surface area contributed by atoms with Crippen molar-refractivity contribution < 1.29 is 83.5 Å². The van der Waals surface area contributed by atoms with Crippen LogP contribution < -0.4 is 47.5 Å². The van der Waals surface area contributed by atoms with Crippen LogP contribution in [0.2, 0.25) is 0 Å². The summed E-state index contributed by atoms with van der Waals surface area (Å²) >= 11 is 1.31. The van der Waals surface area contributed by atoms with Gasteiger partial charge in [-0.25, -0.2) is 0 Å². The monoisotopic (exact) mass is 1280 g/mol. The number of rotatable bonds is 24. The Morgan fingerprint density at radius 3 is 1.98 bits per heavy atom. The van der Waals surface area contributed by atoms with Gasteiger partial charge in [-0.2, -0.15) is 0 Å². The number of aliphatic hydroxyl groups is 6. The van der Waals surface area contributed by atoms with Crippen LogP contribution in [0, 0.1) is 5.92 Å². The Labute approximate surface area is 525 Å². The molecule has 0 spiro atoms. The number of hydrogen-bond acceptors (Lipinski definition) is 22. The second kappa shape index (κ2) is 33.6. The number of aromatic hydroxyl groups is 1. The summed E-state index contributed by atoms with van der Waals surface area (Å²) in [5.74, 6) is -7.87. The molecule has 0 radical (unpaired) electrons. The number of methoxy groups -OCH3 is 1. The van der Waals surface area contributed by atoms with Gasteiger partial charge in [0.2, 0.25) is 35.4 Å². The average molecular weight is 1280 g/mol. The van der Waals surface area contributed by atoms with E-state index in [0.717, 1.165) is 66.7 Å². The van der Waals surface area contributed by atoms with Gasteiger partial charge in [0.25, 0.3) is 5.91 Å². The van der Waals surface area contributed by atoms with Crippen molar-refractivity contribution in [2.24, 2.45) is 17.4 Å². The van der Waals surface area contributed by atoms with Crippen LogP contribution in [0.4, 0.5) is 0 Å². The number of ether oxygens (including phenoxy) is 3. The first-order valence-corrected chi connectivity index (χ1v) is 31.1. The van der Waals surface area contributed by atoms with E-state index in [0.29, 0.717) is 28.6 Å². The molecule has 0 bridgehead atoms. The molecule has 0 saturated carbocycles. The molecule has 29 heteroatoms. The van der Waals surface area contributed by atoms with Crippen molar-refractivity contribution in [3.63, 3.8) is 0 Å². The van der Waals surface area contributed by atoms with E-state index >= 15 is 0 Å². The third kappa shape index (κ3) is 18.6. The van der Waals surface area contributed by atoms with Crippen LogP contribution in [0.5, 0.6) is 17.2 Å². The lowest BCUT2D eigenvalue weighted by Crippen LogP contribution is -2.64. The van der Waals surface area contributed by atoms with E-state index in [-0.39, 0.29) is 55.3 Å². The number of aromatic nitrogens is 2. The van der Waals surface area contributed by atoms with Crippen LogP contribution >= 0.6 is 11.3 Å². The fraction of sp³-hybridized carbons (Fsp3) is 0.557. The van der Waals surface area contributed by atoms with Crippen molar-refractivity contribution in [1.29, 1.82) is 0 Å². The third-order valence-corrected chi connectivity index (χ3v) is 17.0. The van der Waals surface area contributed by atoms with Gasteiger partial charge in [0.05, 0.1) is 49.8 Å². The molecular weight excluding hydrogens is 1190 g/mol. The number of phenols is 1. The number of unbranched alkanes of at least 4 members (excludes halogenated alkanes) is 4. The van der Waals surface area contributed by atoms with Crippen molar-refractivity contribution >= 4 is 52.7 Å². The van der Waals surface area contributed by atoms with E-state index in [9.17, 15) is 69.3 Å². The molecule has 0 unspecified atom stereocenters. The summed E-state index contributed by atoms with van der Waals surface area (Å²) in [4.78, 5) is 103. The first-order chi connectivity index (χ1) is 43.1. The summed E-state index contributed by atoms with van der Waals surface area (Å²) in [5.41, 5.74) is 13.1. The van der Waals surface area contributed by atoms with E-state index in [1.54, 1.807) is 19.2 Å². The molecule has 7 amide bonds. The molecule has 3 fully saturated rings. The molecule has 90 heavy (non-hydrogen) atoms. The van der Waals surface area contributed by atoms with Gasteiger partial charge < -0.3 is 97.8 Å². The van der Waals surface area contributed by atoms with Gasteiger partial charge in [-0.15, -0.1) is 10.2 Å². The van der Waals surface area contributed by atoms with Gasteiger partial charge in [-0.3, -0.25) is 33.6 Å². The van der Waals surface area contributed by atoms with Gasteiger partial charge in [0.15, 0.2) is 11.5 Å². The molecule has 3 aromatic carbocycles. The first kappa shape index (κ1) is 70.0. The Morgan fingerprint density at radius 1 is 0.700 bits per heavy atom. The van der Waals surface area contributed by atoms with Crippen LogP contribution in [-0.4, -0.2) is 230 Å². The maximum atomic E-state index is 14.7. The van der Waals surface area contributed by atoms with Gasteiger partial charge >= 0.3 is 0 Å². The number of fused-ring (bicyclic) bond motifs is 2. The lowest BCUT2D eigenvalue weighted by molar-refractivity contribution is -0.147. The Balaban J connectivity index is 1.14. The number of β-amino-alcohol motifs (C(OH)–C–C–N with tert-alkyl or cyclic N) is 1. The number of carbonyl (C=O) groups excluding carboxylic acids is 7. The molecule has 4 aromatic rings. The standard InChI is InChI=1S/C61H85N11O17S/c1-33-31-72-51(52(33)79)57(84)64-30-39(74)28-42(65-53(80)36-11-13-37(14-12-36)58-69-70-59(90-58)38-15-17-41(18-16-38)88-24-8-6-4-5-7-23-87-3)54(81)66-48(34(2)73)60(85)71-32-40(75)29-43(71)55(82)67-49(56(83)68-50(61(72)86)45(77)20-22-63)46(78)26-35-10-19-44(76)47(27-35)89-25-9-21-62/h10-19,27,33-34,39-40,42-43,45-46,48-52,73-79H,4-9,20-26,28-32,62-63H2,1-3H3,(H,64,84)(H,65,80)(H,66,81)(H,67,82)(H,68,83)/t33-,34+,39+,40+,42-,43-,45+,46+,48-,49-,50-,51-,52-/m0/s1. The molecule has 492 valence electrons. The van der Waals surface area contributed by atoms with Gasteiger partial charge in [0, 0.05) is 75.2 Å². The number of nitrogens with one attached hydrogen (secondary N) is 5. The van der Waals surface area contributed by atoms with Gasteiger partial charge in [0.1, 0.15) is 52.0 Å². The van der Waals surface area contributed by atoms with Crippen molar-refractivity contribution in [2.45, 2.75) is 151 Å². The largest absolute Gasteiger partial charge is 0.504 e. The highest BCUT2D eigenvalue weighted by Gasteiger charge is 2.50. The normalized spacial score (nSPS) is 25.0. The topological polar surface area (TPSA) is 433 Å². The summed E-state index contributed by atoms with van der Waals surface area (Å²) in [6, 6.07) is 6.75. The summed E-state index contributed by atoms with van der Waals surface area (Å²) in [5, 5.41) is 101. The van der Waals surface area contributed by atoms with Crippen LogP contribution in [0.15, 0.2) is 66.7 Å². The second-order valence-corrected chi connectivity index (χ2v) is 24.0. The minimum atomic E-state index is -2.04. The molecule has 7 rings (SSSR count). The number of carbonyl (C=O) groups is 7. The Kier molecular flexibility index (Phi) is 26.1. The molecule has 3 saturated heterocycles. The zero-order valence-corrected chi connectivity index (χ0v) is 51.5. The minimum absolute atomic E-state index is 0.00307. The third-order valence-electron chi connectivity index (χ3n) is 16.0. The zero-order chi connectivity index (χ0) is 65.2. The van der Waals surface area contributed by atoms with Gasteiger partial charge in [-0.1, -0.05) is 55.7 Å². The van der Waals surface area contributed by atoms with E-state index in [1.807, 2.05) is 24.3 Å². The lowest BCUT2D eigenvalue weighted by Gasteiger charge is -2.34. The number of benzene rings is 3. The zero-order valence-electron chi connectivity index (χ0n) is 50.6. The molecule has 13 atom stereocenters. The Hall–Kier alpha value is -7.45. The number of nitrogens with two attached hydrogens (primary N) is 2. The van der Waals surface area contributed by atoms with Crippen LogP contribution in [0.1, 0.15) is 87.6 Å². The number of amides is 7. The number of hydrogen-bond donors (Lipinski definition) is 14. The predicted octanol–water partition coefficient (Wildman–Crippen LogP) is -1.42. The fourth-order valence-corrected chi connectivity index (χ4v) is 11.8. The first-order valence-electron chi connectivity index (χ1n) is 30.3. The smallest absolute Gasteiger partial charge is 0.251 e. The Morgan fingerprint density at radius 2 is 1.32 bits per heavy atom. The van der Waals surface area contributed by atoms with Crippen LogP contribution in [0.25, 0.3) is 21.1 Å². The minimum Gasteiger partial charge on any atom is -0.504 e. The maximum Gasteiger partial charge on any atom is 0.251 e. The number of aliphatic hydroxyl groups excluding tert-OH is 6. The van der Waals surface area contributed by atoms with Crippen molar-refractivity contribution in [3.05, 3.63) is 77.9 Å². The highest BCUT2D eigenvalue weighted by Crippen LogP contribution is 2.33. The van der Waals surface area contributed by atoms with Crippen LogP contribution in [0.3, 0.4) is 0 Å². The highest BCUT2D eigenvalue weighted by molar-refractivity contribution is 7.17. The van der Waals surface area contributed by atoms with Crippen molar-refractivity contribution in [1.82, 2.24) is 46.6 Å². The number of nitrogens with zero attached hydrogens (tertiary/aromatic N) is 4. The lowest BCUT2D eigenvalue weighted by atomic mass is 9.98. The molecule has 1 aromatic heterocycles. The summed E-state index contributed by atoms with van der Waals surface area (Å²) in [6.07, 6.45) is -6.16. The van der Waals surface area contributed by atoms with E-state index < -0.39 is 152 Å².